The fraction of sp³-hybridized carbons (Fsp3) is 0.154. The normalized spacial score (nSPS) is 12.1. The van der Waals surface area contributed by atoms with E-state index in [4.69, 9.17) is 10.3 Å². The van der Waals surface area contributed by atoms with E-state index in [0.29, 0.717) is 5.76 Å². The number of amides is 1. The number of hydrogen-bond acceptors (Lipinski definition) is 3. The average molecular weight is 248 g/mol. The van der Waals surface area contributed by atoms with Gasteiger partial charge in [-0.2, -0.15) is 0 Å². The number of carbonyl (C=O) groups is 1. The van der Waals surface area contributed by atoms with Gasteiger partial charge in [0.15, 0.2) is 0 Å². The predicted octanol–water partition coefficient (Wildman–Crippen LogP) is 1.93. The molecule has 1 aromatic carbocycles. The maximum absolute atomic E-state index is 12.9. The highest BCUT2D eigenvalue weighted by atomic mass is 19.1. The van der Waals surface area contributed by atoms with Crippen molar-refractivity contribution in [1.82, 2.24) is 5.43 Å². The van der Waals surface area contributed by atoms with Gasteiger partial charge in [-0.05, 0) is 29.8 Å². The molecule has 1 amide bonds. The lowest BCUT2D eigenvalue weighted by atomic mass is 9.93. The third kappa shape index (κ3) is 2.75. The van der Waals surface area contributed by atoms with E-state index in [0.717, 1.165) is 5.56 Å². The van der Waals surface area contributed by atoms with Crippen LogP contribution in [0.5, 0.6) is 0 Å². The second-order valence-corrected chi connectivity index (χ2v) is 3.89. The molecule has 1 atom stereocenters. The Morgan fingerprint density at radius 3 is 2.61 bits per heavy atom. The van der Waals surface area contributed by atoms with Gasteiger partial charge < -0.3 is 4.42 Å². The first-order chi connectivity index (χ1) is 8.70. The highest BCUT2D eigenvalue weighted by molar-refractivity contribution is 5.76. The average Bonchev–Trinajstić information content (AvgIpc) is 2.90. The number of furan rings is 1. The summed E-state index contributed by atoms with van der Waals surface area (Å²) in [5.41, 5.74) is 2.88. The van der Waals surface area contributed by atoms with Crippen LogP contribution in [0.4, 0.5) is 4.39 Å². The Bertz CT molecular complexity index is 508. The van der Waals surface area contributed by atoms with Crippen LogP contribution in [0.3, 0.4) is 0 Å². The molecule has 0 radical (unpaired) electrons. The maximum Gasteiger partial charge on any atom is 0.234 e. The Morgan fingerprint density at radius 2 is 2.06 bits per heavy atom. The van der Waals surface area contributed by atoms with Gasteiger partial charge >= 0.3 is 0 Å². The van der Waals surface area contributed by atoms with Gasteiger partial charge in [-0.15, -0.1) is 0 Å². The second kappa shape index (κ2) is 5.46. The number of hydrazine groups is 1. The number of rotatable bonds is 4. The molecule has 1 unspecified atom stereocenters. The molecule has 0 aliphatic rings. The summed E-state index contributed by atoms with van der Waals surface area (Å²) in [6, 6.07) is 9.49. The molecule has 0 aliphatic carbocycles. The van der Waals surface area contributed by atoms with E-state index in [1.54, 1.807) is 24.3 Å². The molecule has 1 heterocycles. The Morgan fingerprint density at radius 1 is 1.33 bits per heavy atom. The molecule has 0 spiro atoms. The minimum absolute atomic E-state index is 0.148. The minimum Gasteiger partial charge on any atom is -0.469 e. The molecular formula is C13H13FN2O2. The van der Waals surface area contributed by atoms with Gasteiger partial charge in [-0.1, -0.05) is 12.1 Å². The van der Waals surface area contributed by atoms with Crippen LogP contribution in [-0.4, -0.2) is 5.91 Å². The zero-order valence-corrected chi connectivity index (χ0v) is 9.60. The molecule has 5 heteroatoms. The molecule has 0 bridgehead atoms. The number of nitrogens with two attached hydrogens (primary N) is 1. The van der Waals surface area contributed by atoms with E-state index in [1.165, 1.54) is 18.4 Å². The van der Waals surface area contributed by atoms with Gasteiger partial charge in [-0.3, -0.25) is 10.2 Å². The lowest BCUT2D eigenvalue weighted by molar-refractivity contribution is -0.121. The van der Waals surface area contributed by atoms with Crippen LogP contribution >= 0.6 is 0 Å². The fourth-order valence-corrected chi connectivity index (χ4v) is 1.81. The van der Waals surface area contributed by atoms with Crippen LogP contribution in [0.25, 0.3) is 0 Å². The Hall–Kier alpha value is -2.14. The molecule has 4 nitrogen and oxygen atoms in total. The zero-order valence-electron chi connectivity index (χ0n) is 9.60. The van der Waals surface area contributed by atoms with Crippen molar-refractivity contribution >= 4 is 5.91 Å². The summed E-state index contributed by atoms with van der Waals surface area (Å²) >= 11 is 0. The molecule has 94 valence electrons. The van der Waals surface area contributed by atoms with Gasteiger partial charge in [0, 0.05) is 6.42 Å². The quantitative estimate of drug-likeness (QED) is 0.493. The molecule has 0 aliphatic heterocycles. The van der Waals surface area contributed by atoms with Crippen molar-refractivity contribution in [3.05, 3.63) is 59.8 Å². The van der Waals surface area contributed by atoms with Crippen molar-refractivity contribution in [1.29, 1.82) is 0 Å². The molecule has 1 aromatic heterocycles. The number of benzene rings is 1. The molecule has 2 rings (SSSR count). The Balaban J connectivity index is 2.30. The molecule has 0 saturated heterocycles. The maximum atomic E-state index is 12.9. The summed E-state index contributed by atoms with van der Waals surface area (Å²) in [4.78, 5) is 11.4. The van der Waals surface area contributed by atoms with Gasteiger partial charge in [0.05, 0.1) is 12.2 Å². The van der Waals surface area contributed by atoms with Crippen LogP contribution in [0, 0.1) is 5.82 Å². The van der Waals surface area contributed by atoms with E-state index in [2.05, 4.69) is 5.43 Å². The van der Waals surface area contributed by atoms with Crippen molar-refractivity contribution in [2.24, 2.45) is 5.84 Å². The van der Waals surface area contributed by atoms with Gasteiger partial charge in [0.2, 0.25) is 5.91 Å². The zero-order chi connectivity index (χ0) is 13.0. The van der Waals surface area contributed by atoms with Crippen LogP contribution in [0.1, 0.15) is 23.7 Å². The standard InChI is InChI=1S/C13H13FN2O2/c14-10-5-3-9(4-6-10)11(8-13(17)16-15)12-2-1-7-18-12/h1-7,11H,8,15H2,(H,16,17). The van der Waals surface area contributed by atoms with Gasteiger partial charge in [0.1, 0.15) is 11.6 Å². The lowest BCUT2D eigenvalue weighted by Gasteiger charge is -2.14. The van der Waals surface area contributed by atoms with Gasteiger partial charge in [-0.25, -0.2) is 10.2 Å². The fourth-order valence-electron chi connectivity index (χ4n) is 1.81. The van der Waals surface area contributed by atoms with Gasteiger partial charge in [0.25, 0.3) is 0 Å². The number of hydrogen-bond donors (Lipinski definition) is 2. The smallest absolute Gasteiger partial charge is 0.234 e. The monoisotopic (exact) mass is 248 g/mol. The first kappa shape index (κ1) is 12.3. The minimum atomic E-state index is -0.319. The lowest BCUT2D eigenvalue weighted by Crippen LogP contribution is -2.31. The van der Waals surface area contributed by atoms with E-state index in [-0.39, 0.29) is 24.1 Å². The van der Waals surface area contributed by atoms with Crippen molar-refractivity contribution in [2.45, 2.75) is 12.3 Å². The highest BCUT2D eigenvalue weighted by Crippen LogP contribution is 2.28. The summed E-state index contributed by atoms with van der Waals surface area (Å²) in [6.07, 6.45) is 1.68. The molecular weight excluding hydrogens is 235 g/mol. The molecule has 0 fully saturated rings. The number of nitrogens with one attached hydrogen (secondary N) is 1. The second-order valence-electron chi connectivity index (χ2n) is 3.89. The van der Waals surface area contributed by atoms with E-state index in [1.807, 2.05) is 0 Å². The van der Waals surface area contributed by atoms with E-state index < -0.39 is 0 Å². The third-order valence-electron chi connectivity index (χ3n) is 2.71. The summed E-state index contributed by atoms with van der Waals surface area (Å²) in [5.74, 6) is 4.83. The van der Waals surface area contributed by atoms with Crippen molar-refractivity contribution < 1.29 is 13.6 Å². The Kier molecular flexibility index (Phi) is 3.74. The molecule has 3 N–H and O–H groups in total. The third-order valence-corrected chi connectivity index (χ3v) is 2.71. The van der Waals surface area contributed by atoms with E-state index >= 15 is 0 Å². The SMILES string of the molecule is NNC(=O)CC(c1ccc(F)cc1)c1ccco1. The molecule has 2 aromatic rings. The Labute approximate surface area is 104 Å². The summed E-state index contributed by atoms with van der Waals surface area (Å²) in [5, 5.41) is 0. The molecule has 0 saturated carbocycles. The summed E-state index contributed by atoms with van der Waals surface area (Å²) in [6.45, 7) is 0. The molecule has 18 heavy (non-hydrogen) atoms. The largest absolute Gasteiger partial charge is 0.469 e. The predicted molar refractivity (Wildman–Crippen MR) is 63.9 cm³/mol. The van der Waals surface area contributed by atoms with Crippen LogP contribution in [-0.2, 0) is 4.79 Å². The number of carbonyl (C=O) groups excluding carboxylic acids is 1. The highest BCUT2D eigenvalue weighted by Gasteiger charge is 2.20. The van der Waals surface area contributed by atoms with Crippen LogP contribution in [0.15, 0.2) is 47.1 Å². The summed E-state index contributed by atoms with van der Waals surface area (Å²) in [7, 11) is 0. The first-order valence-electron chi connectivity index (χ1n) is 5.49. The van der Waals surface area contributed by atoms with Crippen LogP contribution < -0.4 is 11.3 Å². The van der Waals surface area contributed by atoms with Crippen molar-refractivity contribution in [3.63, 3.8) is 0 Å². The topological polar surface area (TPSA) is 68.3 Å². The van der Waals surface area contributed by atoms with E-state index in [9.17, 15) is 9.18 Å². The van der Waals surface area contributed by atoms with Crippen molar-refractivity contribution in [3.8, 4) is 0 Å². The number of halogens is 1. The first-order valence-corrected chi connectivity index (χ1v) is 5.49. The summed E-state index contributed by atoms with van der Waals surface area (Å²) < 4.78 is 18.2. The van der Waals surface area contributed by atoms with Crippen molar-refractivity contribution in [2.75, 3.05) is 0 Å². The van der Waals surface area contributed by atoms with Crippen LogP contribution in [0.2, 0.25) is 0 Å².